The van der Waals surface area contributed by atoms with E-state index in [1.807, 2.05) is 19.3 Å². The molecule has 0 aliphatic carbocycles. The second kappa shape index (κ2) is 3.67. The molecule has 2 aromatic heterocycles. The summed E-state index contributed by atoms with van der Waals surface area (Å²) in [4.78, 5) is 7.40. The fourth-order valence-electron chi connectivity index (χ4n) is 1.68. The van der Waals surface area contributed by atoms with E-state index in [0.29, 0.717) is 6.54 Å². The molecular formula is C10H14N4. The van der Waals surface area contributed by atoms with E-state index < -0.39 is 0 Å². The summed E-state index contributed by atoms with van der Waals surface area (Å²) < 4.78 is 0. The number of aromatic amines is 1. The molecule has 0 aliphatic heterocycles. The van der Waals surface area contributed by atoms with Crippen molar-refractivity contribution in [3.63, 3.8) is 0 Å². The Kier molecular flexibility index (Phi) is 2.37. The summed E-state index contributed by atoms with van der Waals surface area (Å²) in [5.41, 5.74) is 8.78. The summed E-state index contributed by atoms with van der Waals surface area (Å²) in [7, 11) is 1.91. The van der Waals surface area contributed by atoms with Crippen molar-refractivity contribution in [1.82, 2.24) is 9.97 Å². The van der Waals surface area contributed by atoms with Gasteiger partial charge < -0.3 is 16.0 Å². The molecule has 0 aromatic carbocycles. The van der Waals surface area contributed by atoms with Crippen molar-refractivity contribution in [2.24, 2.45) is 5.73 Å². The highest BCUT2D eigenvalue weighted by Crippen LogP contribution is 2.24. The van der Waals surface area contributed by atoms with Crippen LogP contribution in [0.2, 0.25) is 0 Å². The SMILES string of the molecule is CNc1ccnc2[nH]cc(CCN)c12. The van der Waals surface area contributed by atoms with Crippen LogP contribution in [-0.2, 0) is 6.42 Å². The molecule has 0 unspecified atom stereocenters. The molecule has 0 saturated heterocycles. The minimum Gasteiger partial charge on any atom is -0.387 e. The number of nitrogens with two attached hydrogens (primary N) is 1. The first kappa shape index (κ1) is 9.02. The molecule has 0 spiro atoms. The van der Waals surface area contributed by atoms with Gasteiger partial charge in [0.15, 0.2) is 0 Å². The molecule has 0 bridgehead atoms. The standard InChI is InChI=1S/C10H14N4/c1-12-8-3-5-13-10-9(8)7(2-4-11)6-14-10/h3,5-6H,2,4,11H2,1H3,(H2,12,13,14). The Hall–Kier alpha value is -1.55. The van der Waals surface area contributed by atoms with Crippen LogP contribution in [-0.4, -0.2) is 23.6 Å². The Labute approximate surface area is 82.5 Å². The number of pyridine rings is 1. The van der Waals surface area contributed by atoms with Crippen molar-refractivity contribution in [2.45, 2.75) is 6.42 Å². The van der Waals surface area contributed by atoms with E-state index in [-0.39, 0.29) is 0 Å². The van der Waals surface area contributed by atoms with Gasteiger partial charge in [-0.2, -0.15) is 0 Å². The van der Waals surface area contributed by atoms with Crippen LogP contribution in [0.1, 0.15) is 5.56 Å². The fourth-order valence-corrected chi connectivity index (χ4v) is 1.68. The minimum atomic E-state index is 0.658. The van der Waals surface area contributed by atoms with Crippen molar-refractivity contribution in [2.75, 3.05) is 18.9 Å². The van der Waals surface area contributed by atoms with E-state index >= 15 is 0 Å². The van der Waals surface area contributed by atoms with E-state index in [2.05, 4.69) is 15.3 Å². The first-order chi connectivity index (χ1) is 6.86. The van der Waals surface area contributed by atoms with Gasteiger partial charge in [-0.05, 0) is 24.6 Å². The van der Waals surface area contributed by atoms with E-state index in [0.717, 1.165) is 23.1 Å². The van der Waals surface area contributed by atoms with Gasteiger partial charge in [-0.1, -0.05) is 0 Å². The predicted octanol–water partition coefficient (Wildman–Crippen LogP) is 1.11. The van der Waals surface area contributed by atoms with Crippen LogP contribution in [0.5, 0.6) is 0 Å². The minimum absolute atomic E-state index is 0.658. The Balaban J connectivity index is 2.62. The highest BCUT2D eigenvalue weighted by Gasteiger charge is 2.07. The largest absolute Gasteiger partial charge is 0.387 e. The molecule has 4 nitrogen and oxygen atoms in total. The van der Waals surface area contributed by atoms with Crippen LogP contribution < -0.4 is 11.1 Å². The second-order valence-corrected chi connectivity index (χ2v) is 3.18. The molecule has 74 valence electrons. The molecule has 0 saturated carbocycles. The third kappa shape index (κ3) is 1.33. The zero-order valence-corrected chi connectivity index (χ0v) is 8.17. The molecule has 0 aliphatic rings. The van der Waals surface area contributed by atoms with Crippen molar-refractivity contribution in [1.29, 1.82) is 0 Å². The molecule has 2 heterocycles. The smallest absolute Gasteiger partial charge is 0.139 e. The maximum absolute atomic E-state index is 5.55. The summed E-state index contributed by atoms with van der Waals surface area (Å²) in [5, 5.41) is 4.31. The number of nitrogens with zero attached hydrogens (tertiary/aromatic N) is 1. The van der Waals surface area contributed by atoms with Crippen molar-refractivity contribution >= 4 is 16.7 Å². The maximum Gasteiger partial charge on any atom is 0.139 e. The van der Waals surface area contributed by atoms with Gasteiger partial charge in [-0.3, -0.25) is 0 Å². The second-order valence-electron chi connectivity index (χ2n) is 3.18. The Bertz CT molecular complexity index is 433. The average molecular weight is 190 g/mol. The molecule has 2 rings (SSSR count). The van der Waals surface area contributed by atoms with E-state index in [1.54, 1.807) is 6.20 Å². The highest BCUT2D eigenvalue weighted by molar-refractivity contribution is 5.92. The van der Waals surface area contributed by atoms with Gasteiger partial charge in [0.05, 0.1) is 0 Å². The van der Waals surface area contributed by atoms with Crippen LogP contribution >= 0.6 is 0 Å². The first-order valence-electron chi connectivity index (χ1n) is 4.69. The average Bonchev–Trinajstić information content (AvgIpc) is 2.62. The molecule has 2 aromatic rings. The van der Waals surface area contributed by atoms with Gasteiger partial charge in [0, 0.05) is 30.5 Å². The Morgan fingerprint density at radius 1 is 1.57 bits per heavy atom. The van der Waals surface area contributed by atoms with Gasteiger partial charge in [0.1, 0.15) is 5.65 Å². The quantitative estimate of drug-likeness (QED) is 0.679. The monoisotopic (exact) mass is 190 g/mol. The van der Waals surface area contributed by atoms with E-state index in [9.17, 15) is 0 Å². The number of H-pyrrole nitrogens is 1. The normalized spacial score (nSPS) is 10.7. The first-order valence-corrected chi connectivity index (χ1v) is 4.69. The van der Waals surface area contributed by atoms with Crippen molar-refractivity contribution in [3.8, 4) is 0 Å². The van der Waals surface area contributed by atoms with Gasteiger partial charge >= 0.3 is 0 Å². The van der Waals surface area contributed by atoms with Crippen LogP contribution in [0.4, 0.5) is 5.69 Å². The summed E-state index contributed by atoms with van der Waals surface area (Å²) in [6.45, 7) is 0.658. The Morgan fingerprint density at radius 2 is 2.43 bits per heavy atom. The lowest BCUT2D eigenvalue weighted by Gasteiger charge is -2.03. The third-order valence-electron chi connectivity index (χ3n) is 2.34. The van der Waals surface area contributed by atoms with Crippen LogP contribution in [0, 0.1) is 0 Å². The van der Waals surface area contributed by atoms with E-state index in [4.69, 9.17) is 5.73 Å². The van der Waals surface area contributed by atoms with Gasteiger partial charge in [0.2, 0.25) is 0 Å². The number of anilines is 1. The van der Waals surface area contributed by atoms with E-state index in [1.165, 1.54) is 5.56 Å². The number of hydrogen-bond donors (Lipinski definition) is 3. The predicted molar refractivity (Wildman–Crippen MR) is 58.4 cm³/mol. The molecule has 0 atom stereocenters. The van der Waals surface area contributed by atoms with Crippen LogP contribution in [0.15, 0.2) is 18.5 Å². The molecule has 0 radical (unpaired) electrons. The number of rotatable bonds is 3. The molecule has 0 fully saturated rings. The summed E-state index contributed by atoms with van der Waals surface area (Å²) in [5.74, 6) is 0. The zero-order valence-electron chi connectivity index (χ0n) is 8.17. The van der Waals surface area contributed by atoms with Crippen molar-refractivity contribution < 1.29 is 0 Å². The van der Waals surface area contributed by atoms with Gasteiger partial charge in [-0.25, -0.2) is 4.98 Å². The zero-order chi connectivity index (χ0) is 9.97. The molecule has 4 heteroatoms. The lowest BCUT2D eigenvalue weighted by molar-refractivity contribution is 0.976. The highest BCUT2D eigenvalue weighted by atomic mass is 14.9. The lowest BCUT2D eigenvalue weighted by atomic mass is 10.1. The van der Waals surface area contributed by atoms with Crippen molar-refractivity contribution in [3.05, 3.63) is 24.0 Å². The van der Waals surface area contributed by atoms with Crippen LogP contribution in [0.25, 0.3) is 11.0 Å². The Morgan fingerprint density at radius 3 is 3.14 bits per heavy atom. The topological polar surface area (TPSA) is 66.7 Å². The maximum atomic E-state index is 5.55. The molecule has 14 heavy (non-hydrogen) atoms. The molecule has 4 N–H and O–H groups in total. The lowest BCUT2D eigenvalue weighted by Crippen LogP contribution is -2.02. The summed E-state index contributed by atoms with van der Waals surface area (Å²) >= 11 is 0. The fraction of sp³-hybridized carbons (Fsp3) is 0.300. The molecule has 0 amide bonds. The third-order valence-corrected chi connectivity index (χ3v) is 2.34. The van der Waals surface area contributed by atoms with Gasteiger partial charge in [-0.15, -0.1) is 0 Å². The number of nitrogens with one attached hydrogen (secondary N) is 2. The van der Waals surface area contributed by atoms with Crippen LogP contribution in [0.3, 0.4) is 0 Å². The number of fused-ring (bicyclic) bond motifs is 1. The summed E-state index contributed by atoms with van der Waals surface area (Å²) in [6.07, 6.45) is 4.64. The summed E-state index contributed by atoms with van der Waals surface area (Å²) in [6, 6.07) is 1.97. The number of aromatic nitrogens is 2. The number of hydrogen-bond acceptors (Lipinski definition) is 3. The van der Waals surface area contributed by atoms with Gasteiger partial charge in [0.25, 0.3) is 0 Å². The molecular weight excluding hydrogens is 176 g/mol.